The molecular weight excluding hydrogens is 244 g/mol. The van der Waals surface area contributed by atoms with E-state index in [1.54, 1.807) is 0 Å². The van der Waals surface area contributed by atoms with E-state index in [1.165, 1.54) is 77.3 Å². The van der Waals surface area contributed by atoms with Gasteiger partial charge < -0.3 is 5.32 Å². The molecule has 2 heteroatoms. The minimum Gasteiger partial charge on any atom is -0.315 e. The monoisotopic (exact) mass is 282 g/mol. The fraction of sp³-hybridized carbons (Fsp3) is 1.00. The lowest BCUT2D eigenvalue weighted by Gasteiger charge is -2.44. The molecule has 0 aromatic heterocycles. The molecule has 0 aliphatic carbocycles. The average Bonchev–Trinajstić information content (AvgIpc) is 2.72. The van der Waals surface area contributed by atoms with Gasteiger partial charge in [-0.25, -0.2) is 0 Å². The van der Waals surface area contributed by atoms with Crippen LogP contribution < -0.4 is 5.32 Å². The van der Waals surface area contributed by atoms with Gasteiger partial charge >= 0.3 is 0 Å². The van der Waals surface area contributed by atoms with Gasteiger partial charge in [0, 0.05) is 11.6 Å². The van der Waals surface area contributed by atoms with Crippen LogP contribution in [-0.4, -0.2) is 36.6 Å². The highest BCUT2D eigenvalue weighted by Gasteiger charge is 2.34. The zero-order chi connectivity index (χ0) is 14.8. The maximum Gasteiger partial charge on any atom is 0.0306 e. The summed E-state index contributed by atoms with van der Waals surface area (Å²) in [5.41, 5.74) is 0.295. The van der Waals surface area contributed by atoms with E-state index in [4.69, 9.17) is 0 Å². The van der Waals surface area contributed by atoms with E-state index < -0.39 is 0 Å². The molecule has 0 spiro atoms. The Balaban J connectivity index is 2.43. The van der Waals surface area contributed by atoms with Crippen molar-refractivity contribution in [2.75, 3.05) is 20.1 Å². The van der Waals surface area contributed by atoms with E-state index in [2.05, 4.69) is 38.0 Å². The first-order valence-electron chi connectivity index (χ1n) is 9.05. The lowest BCUT2D eigenvalue weighted by atomic mass is 9.88. The average molecular weight is 283 g/mol. The highest BCUT2D eigenvalue weighted by Crippen LogP contribution is 2.26. The SMILES string of the molecule is CCCCCCCC(NC)C(C)(C)N1CCCCCC1. The van der Waals surface area contributed by atoms with E-state index in [0.29, 0.717) is 11.6 Å². The molecule has 20 heavy (non-hydrogen) atoms. The number of hydrogen-bond acceptors (Lipinski definition) is 2. The fourth-order valence-electron chi connectivity index (χ4n) is 3.67. The van der Waals surface area contributed by atoms with E-state index >= 15 is 0 Å². The highest BCUT2D eigenvalue weighted by atomic mass is 15.2. The van der Waals surface area contributed by atoms with Crippen molar-refractivity contribution in [2.45, 2.75) is 96.6 Å². The van der Waals surface area contributed by atoms with Gasteiger partial charge in [-0.15, -0.1) is 0 Å². The number of hydrogen-bond donors (Lipinski definition) is 1. The van der Waals surface area contributed by atoms with Crippen LogP contribution >= 0.6 is 0 Å². The van der Waals surface area contributed by atoms with Gasteiger partial charge in [0.15, 0.2) is 0 Å². The van der Waals surface area contributed by atoms with Crippen molar-refractivity contribution in [2.24, 2.45) is 0 Å². The van der Waals surface area contributed by atoms with Crippen LogP contribution in [0.2, 0.25) is 0 Å². The second kappa shape index (κ2) is 9.78. The minimum atomic E-state index is 0.295. The smallest absolute Gasteiger partial charge is 0.0306 e. The molecule has 120 valence electrons. The van der Waals surface area contributed by atoms with Crippen molar-refractivity contribution in [3.8, 4) is 0 Å². The molecule has 0 bridgehead atoms. The summed E-state index contributed by atoms with van der Waals surface area (Å²) in [5.74, 6) is 0. The zero-order valence-electron chi connectivity index (χ0n) is 14.5. The second-order valence-corrected chi connectivity index (χ2v) is 7.10. The van der Waals surface area contributed by atoms with Gasteiger partial charge in [-0.05, 0) is 53.2 Å². The number of nitrogens with zero attached hydrogens (tertiary/aromatic N) is 1. The molecule has 1 unspecified atom stereocenters. The normalized spacial score (nSPS) is 19.8. The Kier molecular flexibility index (Phi) is 8.79. The molecule has 1 aliphatic heterocycles. The maximum absolute atomic E-state index is 3.61. The molecule has 0 radical (unpaired) electrons. The summed E-state index contributed by atoms with van der Waals surface area (Å²) in [5, 5.41) is 3.61. The fourth-order valence-corrected chi connectivity index (χ4v) is 3.67. The third-order valence-corrected chi connectivity index (χ3v) is 5.22. The summed E-state index contributed by atoms with van der Waals surface area (Å²) >= 11 is 0. The first-order chi connectivity index (χ1) is 9.62. The Bertz CT molecular complexity index is 230. The molecule has 1 fully saturated rings. The van der Waals surface area contributed by atoms with Gasteiger partial charge in [-0.1, -0.05) is 51.9 Å². The maximum atomic E-state index is 3.61. The van der Waals surface area contributed by atoms with Crippen molar-refractivity contribution < 1.29 is 0 Å². The molecule has 1 saturated heterocycles. The van der Waals surface area contributed by atoms with Crippen molar-refractivity contribution in [1.82, 2.24) is 10.2 Å². The third kappa shape index (κ3) is 5.73. The lowest BCUT2D eigenvalue weighted by Crippen LogP contribution is -2.57. The number of unbranched alkanes of at least 4 members (excludes halogenated alkanes) is 4. The predicted molar refractivity (Wildman–Crippen MR) is 90.3 cm³/mol. The Morgan fingerprint density at radius 2 is 1.55 bits per heavy atom. The first kappa shape index (κ1) is 18.0. The molecule has 1 heterocycles. The van der Waals surface area contributed by atoms with Crippen LogP contribution in [-0.2, 0) is 0 Å². The van der Waals surface area contributed by atoms with Crippen LogP contribution in [0.3, 0.4) is 0 Å². The summed E-state index contributed by atoms with van der Waals surface area (Å²) < 4.78 is 0. The van der Waals surface area contributed by atoms with Crippen molar-refractivity contribution >= 4 is 0 Å². The summed E-state index contributed by atoms with van der Waals surface area (Å²) in [7, 11) is 2.15. The third-order valence-electron chi connectivity index (χ3n) is 5.22. The van der Waals surface area contributed by atoms with E-state index in [-0.39, 0.29) is 0 Å². The Hall–Kier alpha value is -0.0800. The second-order valence-electron chi connectivity index (χ2n) is 7.10. The molecule has 0 aromatic rings. The first-order valence-corrected chi connectivity index (χ1v) is 9.05. The van der Waals surface area contributed by atoms with Gasteiger partial charge in [0.05, 0.1) is 0 Å². The lowest BCUT2D eigenvalue weighted by molar-refractivity contribution is 0.0819. The van der Waals surface area contributed by atoms with Crippen LogP contribution in [0.25, 0.3) is 0 Å². The van der Waals surface area contributed by atoms with Crippen molar-refractivity contribution in [3.05, 3.63) is 0 Å². The van der Waals surface area contributed by atoms with Crippen LogP contribution in [0.1, 0.15) is 85.0 Å². The molecule has 0 saturated carbocycles. The van der Waals surface area contributed by atoms with Gasteiger partial charge in [-0.2, -0.15) is 0 Å². The Morgan fingerprint density at radius 1 is 0.950 bits per heavy atom. The standard InChI is InChI=1S/C18H38N2/c1-5-6-7-8-11-14-17(19-4)18(2,3)20-15-12-9-10-13-16-20/h17,19H,5-16H2,1-4H3. The largest absolute Gasteiger partial charge is 0.315 e. The highest BCUT2D eigenvalue weighted by molar-refractivity contribution is 4.93. The van der Waals surface area contributed by atoms with Crippen molar-refractivity contribution in [1.29, 1.82) is 0 Å². The van der Waals surface area contributed by atoms with Crippen LogP contribution in [0.5, 0.6) is 0 Å². The summed E-state index contributed by atoms with van der Waals surface area (Å²) in [6, 6.07) is 0.627. The van der Waals surface area contributed by atoms with Crippen molar-refractivity contribution in [3.63, 3.8) is 0 Å². The van der Waals surface area contributed by atoms with Gasteiger partial charge in [0.2, 0.25) is 0 Å². The predicted octanol–water partition coefficient (Wildman–Crippen LogP) is 4.59. The van der Waals surface area contributed by atoms with E-state index in [1.807, 2.05) is 0 Å². The number of likely N-dealkylation sites (N-methyl/N-ethyl adjacent to an activating group) is 1. The summed E-state index contributed by atoms with van der Waals surface area (Å²) in [6.07, 6.45) is 13.9. The van der Waals surface area contributed by atoms with Crippen LogP contribution in [0, 0.1) is 0 Å². The topological polar surface area (TPSA) is 15.3 Å². The quantitative estimate of drug-likeness (QED) is 0.622. The van der Waals surface area contributed by atoms with Gasteiger partial charge in [0.25, 0.3) is 0 Å². The molecule has 0 amide bonds. The minimum absolute atomic E-state index is 0.295. The molecule has 2 nitrogen and oxygen atoms in total. The molecular formula is C18H38N2. The Morgan fingerprint density at radius 3 is 2.10 bits per heavy atom. The summed E-state index contributed by atoms with van der Waals surface area (Å²) in [6.45, 7) is 9.78. The molecule has 1 aliphatic rings. The van der Waals surface area contributed by atoms with E-state index in [9.17, 15) is 0 Å². The van der Waals surface area contributed by atoms with Crippen LogP contribution in [0.4, 0.5) is 0 Å². The molecule has 0 aromatic carbocycles. The molecule has 1 atom stereocenters. The number of likely N-dealkylation sites (tertiary alicyclic amines) is 1. The zero-order valence-corrected chi connectivity index (χ0v) is 14.5. The summed E-state index contributed by atoms with van der Waals surface area (Å²) in [4.78, 5) is 2.74. The van der Waals surface area contributed by atoms with Gasteiger partial charge in [0.1, 0.15) is 0 Å². The molecule has 1 N–H and O–H groups in total. The Labute approximate surface area is 127 Å². The molecule has 1 rings (SSSR count). The number of rotatable bonds is 9. The van der Waals surface area contributed by atoms with Gasteiger partial charge in [-0.3, -0.25) is 4.90 Å². The number of nitrogens with one attached hydrogen (secondary N) is 1. The van der Waals surface area contributed by atoms with Crippen LogP contribution in [0.15, 0.2) is 0 Å². The van der Waals surface area contributed by atoms with E-state index in [0.717, 1.165) is 0 Å².